The molecule has 0 radical (unpaired) electrons. The van der Waals surface area contributed by atoms with E-state index in [-0.39, 0.29) is 0 Å². The van der Waals surface area contributed by atoms with Gasteiger partial charge in [0.05, 0.1) is 5.69 Å². The summed E-state index contributed by atoms with van der Waals surface area (Å²) in [5.41, 5.74) is 1.77. The average Bonchev–Trinajstić information content (AvgIpc) is 2.91. The van der Waals surface area contributed by atoms with Crippen LogP contribution in [-0.4, -0.2) is 22.4 Å². The van der Waals surface area contributed by atoms with Gasteiger partial charge in [-0.05, 0) is 57.4 Å². The lowest BCUT2D eigenvalue weighted by molar-refractivity contribution is 0.272. The van der Waals surface area contributed by atoms with Crippen LogP contribution in [0.15, 0.2) is 12.3 Å². The van der Waals surface area contributed by atoms with Crippen LogP contribution in [0.3, 0.4) is 0 Å². The van der Waals surface area contributed by atoms with Crippen molar-refractivity contribution in [1.29, 1.82) is 0 Å². The molecule has 19 heavy (non-hydrogen) atoms. The Labute approximate surface area is 116 Å². The summed E-state index contributed by atoms with van der Waals surface area (Å²) >= 11 is 0. The standard InChI is InChI=1S/C16H27N3/c1-13(2)19-10-7-15(18-19)11-16(8-3-4-9-16)12-17-14-5-6-14/h7,10,13-14,17H,3-6,8-9,11-12H2,1-2H3. The molecule has 0 aliphatic heterocycles. The number of aromatic nitrogens is 2. The Kier molecular flexibility index (Phi) is 3.66. The van der Waals surface area contributed by atoms with Crippen molar-refractivity contribution in [3.05, 3.63) is 18.0 Å². The van der Waals surface area contributed by atoms with Gasteiger partial charge in [-0.25, -0.2) is 0 Å². The van der Waals surface area contributed by atoms with E-state index in [2.05, 4.69) is 36.1 Å². The van der Waals surface area contributed by atoms with Crippen molar-refractivity contribution in [2.24, 2.45) is 5.41 Å². The van der Waals surface area contributed by atoms with Crippen LogP contribution in [0.2, 0.25) is 0 Å². The van der Waals surface area contributed by atoms with Crippen LogP contribution in [0, 0.1) is 5.41 Å². The summed E-state index contributed by atoms with van der Waals surface area (Å²) in [6.07, 6.45) is 11.6. The summed E-state index contributed by atoms with van der Waals surface area (Å²) < 4.78 is 2.09. The minimum atomic E-state index is 0.470. The third kappa shape index (κ3) is 3.19. The summed E-state index contributed by atoms with van der Waals surface area (Å²) in [5, 5.41) is 8.50. The Morgan fingerprint density at radius 3 is 2.68 bits per heavy atom. The molecule has 2 saturated carbocycles. The van der Waals surface area contributed by atoms with E-state index in [1.165, 1.54) is 50.8 Å². The third-order valence-electron chi connectivity index (χ3n) is 4.76. The molecule has 3 heteroatoms. The van der Waals surface area contributed by atoms with Gasteiger partial charge >= 0.3 is 0 Å². The van der Waals surface area contributed by atoms with Gasteiger partial charge in [-0.15, -0.1) is 0 Å². The molecule has 1 aromatic rings. The van der Waals surface area contributed by atoms with E-state index in [4.69, 9.17) is 5.10 Å². The predicted octanol–water partition coefficient (Wildman–Crippen LogP) is 3.32. The summed E-state index contributed by atoms with van der Waals surface area (Å²) in [7, 11) is 0. The molecule has 0 bridgehead atoms. The topological polar surface area (TPSA) is 29.9 Å². The smallest absolute Gasteiger partial charge is 0.0630 e. The third-order valence-corrected chi connectivity index (χ3v) is 4.76. The summed E-state index contributed by atoms with van der Waals surface area (Å²) in [5.74, 6) is 0. The van der Waals surface area contributed by atoms with E-state index in [9.17, 15) is 0 Å². The number of rotatable bonds is 6. The molecule has 3 nitrogen and oxygen atoms in total. The SMILES string of the molecule is CC(C)n1ccc(CC2(CNC3CC3)CCCC2)n1. The Morgan fingerprint density at radius 2 is 2.11 bits per heavy atom. The number of nitrogens with one attached hydrogen (secondary N) is 1. The second-order valence-corrected chi connectivity index (χ2v) is 6.92. The fourth-order valence-electron chi connectivity index (χ4n) is 3.33. The zero-order valence-electron chi connectivity index (χ0n) is 12.4. The zero-order valence-corrected chi connectivity index (χ0v) is 12.4. The highest BCUT2D eigenvalue weighted by Gasteiger charge is 2.36. The van der Waals surface area contributed by atoms with E-state index < -0.39 is 0 Å². The quantitative estimate of drug-likeness (QED) is 0.851. The van der Waals surface area contributed by atoms with Crippen LogP contribution in [0.25, 0.3) is 0 Å². The average molecular weight is 261 g/mol. The molecule has 3 rings (SSSR count). The second-order valence-electron chi connectivity index (χ2n) is 6.92. The van der Waals surface area contributed by atoms with Crippen molar-refractivity contribution in [3.8, 4) is 0 Å². The number of hydrogen-bond donors (Lipinski definition) is 1. The fourth-order valence-corrected chi connectivity index (χ4v) is 3.33. The Bertz CT molecular complexity index is 411. The Balaban J connectivity index is 1.65. The molecule has 0 aromatic carbocycles. The maximum absolute atomic E-state index is 4.75. The lowest BCUT2D eigenvalue weighted by Crippen LogP contribution is -2.35. The van der Waals surface area contributed by atoms with Crippen LogP contribution >= 0.6 is 0 Å². The molecule has 0 unspecified atom stereocenters. The van der Waals surface area contributed by atoms with Crippen LogP contribution in [0.5, 0.6) is 0 Å². The van der Waals surface area contributed by atoms with Gasteiger partial charge in [-0.2, -0.15) is 5.10 Å². The first-order valence-corrected chi connectivity index (χ1v) is 7.94. The second kappa shape index (κ2) is 5.28. The molecule has 0 saturated heterocycles. The molecule has 1 heterocycles. The van der Waals surface area contributed by atoms with Crippen LogP contribution < -0.4 is 5.32 Å². The molecule has 0 spiro atoms. The summed E-state index contributed by atoms with van der Waals surface area (Å²) in [6.45, 7) is 5.58. The number of hydrogen-bond acceptors (Lipinski definition) is 2. The first-order chi connectivity index (χ1) is 9.17. The predicted molar refractivity (Wildman–Crippen MR) is 78.2 cm³/mol. The van der Waals surface area contributed by atoms with Crippen molar-refractivity contribution in [1.82, 2.24) is 15.1 Å². The van der Waals surface area contributed by atoms with Gasteiger partial charge in [0, 0.05) is 24.8 Å². The van der Waals surface area contributed by atoms with Crippen molar-refractivity contribution in [2.75, 3.05) is 6.54 Å². The van der Waals surface area contributed by atoms with Gasteiger partial charge in [0.25, 0.3) is 0 Å². The van der Waals surface area contributed by atoms with Crippen molar-refractivity contribution in [2.45, 2.75) is 70.9 Å². The van der Waals surface area contributed by atoms with E-state index in [1.54, 1.807) is 0 Å². The molecule has 2 fully saturated rings. The summed E-state index contributed by atoms with van der Waals surface area (Å²) in [4.78, 5) is 0. The fraction of sp³-hybridized carbons (Fsp3) is 0.812. The van der Waals surface area contributed by atoms with Crippen molar-refractivity contribution in [3.63, 3.8) is 0 Å². The van der Waals surface area contributed by atoms with Gasteiger partial charge in [0.2, 0.25) is 0 Å². The zero-order chi connectivity index (χ0) is 13.3. The molecule has 2 aliphatic rings. The maximum atomic E-state index is 4.75. The molecule has 0 atom stereocenters. The highest BCUT2D eigenvalue weighted by atomic mass is 15.3. The lowest BCUT2D eigenvalue weighted by Gasteiger charge is -2.28. The van der Waals surface area contributed by atoms with Gasteiger partial charge < -0.3 is 5.32 Å². The van der Waals surface area contributed by atoms with Gasteiger partial charge in [0.1, 0.15) is 0 Å². The lowest BCUT2D eigenvalue weighted by atomic mass is 9.81. The van der Waals surface area contributed by atoms with Gasteiger partial charge in [-0.1, -0.05) is 12.8 Å². The summed E-state index contributed by atoms with van der Waals surface area (Å²) in [6, 6.07) is 3.51. The highest BCUT2D eigenvalue weighted by molar-refractivity contribution is 5.06. The van der Waals surface area contributed by atoms with Crippen LogP contribution in [0.4, 0.5) is 0 Å². The van der Waals surface area contributed by atoms with E-state index >= 15 is 0 Å². The largest absolute Gasteiger partial charge is 0.313 e. The molecule has 0 amide bonds. The molecular formula is C16H27N3. The van der Waals surface area contributed by atoms with Crippen molar-refractivity contribution >= 4 is 0 Å². The first-order valence-electron chi connectivity index (χ1n) is 7.94. The molecule has 1 N–H and O–H groups in total. The molecule has 1 aromatic heterocycles. The van der Waals surface area contributed by atoms with Gasteiger partial charge in [0.15, 0.2) is 0 Å². The van der Waals surface area contributed by atoms with Crippen LogP contribution in [-0.2, 0) is 6.42 Å². The maximum Gasteiger partial charge on any atom is 0.0630 e. The monoisotopic (exact) mass is 261 g/mol. The van der Waals surface area contributed by atoms with Crippen molar-refractivity contribution < 1.29 is 0 Å². The molecule has 2 aliphatic carbocycles. The van der Waals surface area contributed by atoms with Crippen LogP contribution in [0.1, 0.15) is 64.1 Å². The highest BCUT2D eigenvalue weighted by Crippen LogP contribution is 2.41. The first kappa shape index (κ1) is 13.2. The minimum Gasteiger partial charge on any atom is -0.313 e. The minimum absolute atomic E-state index is 0.470. The van der Waals surface area contributed by atoms with E-state index in [0.29, 0.717) is 11.5 Å². The Morgan fingerprint density at radius 1 is 1.37 bits per heavy atom. The molecule has 106 valence electrons. The Hall–Kier alpha value is -0.830. The number of nitrogens with zero attached hydrogens (tertiary/aromatic N) is 2. The van der Waals surface area contributed by atoms with Gasteiger partial charge in [-0.3, -0.25) is 4.68 Å². The van der Waals surface area contributed by atoms with E-state index in [0.717, 1.165) is 12.5 Å². The molecular weight excluding hydrogens is 234 g/mol. The normalized spacial score (nSPS) is 22.3. The van der Waals surface area contributed by atoms with E-state index in [1.807, 2.05) is 0 Å².